The van der Waals surface area contributed by atoms with E-state index in [0.717, 1.165) is 5.56 Å². The second-order valence-electron chi connectivity index (χ2n) is 10.3. The van der Waals surface area contributed by atoms with Gasteiger partial charge in [-0.3, -0.25) is 19.2 Å². The third-order valence-electron chi connectivity index (χ3n) is 7.08. The minimum absolute atomic E-state index is 0.155. The average Bonchev–Trinajstić information content (AvgIpc) is 2.93. The maximum Gasteiger partial charge on any atom is 0.255 e. The average molecular weight is 551 g/mol. The molecule has 10 nitrogen and oxygen atoms in total. The molecule has 4 atom stereocenters. The number of rotatable bonds is 4. The Hall–Kier alpha value is -3.92. The van der Waals surface area contributed by atoms with Crippen LogP contribution in [0.25, 0.3) is 0 Å². The highest BCUT2D eigenvalue weighted by atomic mass is 16.5. The van der Waals surface area contributed by atoms with E-state index in [2.05, 4.69) is 10.6 Å². The number of morpholine rings is 1. The molecule has 4 rings (SSSR count). The second-order valence-corrected chi connectivity index (χ2v) is 10.3. The number of nitrogens with one attached hydrogen (secondary N) is 2. The molecule has 4 amide bonds. The Morgan fingerprint density at radius 3 is 2.33 bits per heavy atom. The third kappa shape index (κ3) is 7.38. The number of fused-ring (bicyclic) bond motifs is 1. The zero-order valence-electron chi connectivity index (χ0n) is 23.3. The molecule has 0 spiro atoms. The fourth-order valence-corrected chi connectivity index (χ4v) is 5.19. The Kier molecular flexibility index (Phi) is 9.76. The zero-order valence-corrected chi connectivity index (χ0v) is 23.3. The largest absolute Gasteiger partial charge is 0.491 e. The van der Waals surface area contributed by atoms with Crippen LogP contribution in [0, 0.1) is 0 Å². The molecule has 214 valence electrons. The van der Waals surface area contributed by atoms with Crippen molar-refractivity contribution < 1.29 is 28.7 Å². The summed E-state index contributed by atoms with van der Waals surface area (Å²) in [5.74, 6) is -1.29. The van der Waals surface area contributed by atoms with Crippen molar-refractivity contribution in [3.8, 4) is 5.75 Å². The molecule has 1 fully saturated rings. The molecule has 0 aromatic heterocycles. The summed E-state index contributed by atoms with van der Waals surface area (Å²) in [5, 5.41) is 5.63. The van der Waals surface area contributed by atoms with Gasteiger partial charge in [-0.1, -0.05) is 42.5 Å². The first-order chi connectivity index (χ1) is 19.2. The quantitative estimate of drug-likeness (QED) is 0.600. The van der Waals surface area contributed by atoms with Gasteiger partial charge in [0.1, 0.15) is 24.4 Å². The Balaban J connectivity index is 1.66. The van der Waals surface area contributed by atoms with Gasteiger partial charge in [0.15, 0.2) is 0 Å². The van der Waals surface area contributed by atoms with Crippen LogP contribution in [0.2, 0.25) is 0 Å². The van der Waals surface area contributed by atoms with E-state index in [0.29, 0.717) is 25.4 Å². The minimum atomic E-state index is -1.14. The molecule has 10 heteroatoms. The number of nitrogens with zero attached hydrogens (tertiary/aromatic N) is 2. The van der Waals surface area contributed by atoms with Gasteiger partial charge in [-0.15, -0.1) is 0 Å². The smallest absolute Gasteiger partial charge is 0.255 e. The number of carbonyl (C=O) groups is 4. The first-order valence-electron chi connectivity index (χ1n) is 13.8. The highest BCUT2D eigenvalue weighted by Crippen LogP contribution is 2.20. The van der Waals surface area contributed by atoms with Crippen LogP contribution >= 0.6 is 0 Å². The van der Waals surface area contributed by atoms with E-state index >= 15 is 0 Å². The van der Waals surface area contributed by atoms with E-state index in [1.54, 1.807) is 34.1 Å². The molecule has 2 aliphatic heterocycles. The third-order valence-corrected chi connectivity index (χ3v) is 7.08. The summed E-state index contributed by atoms with van der Waals surface area (Å²) < 4.78 is 11.7. The molecule has 0 aliphatic carbocycles. The van der Waals surface area contributed by atoms with Crippen molar-refractivity contribution >= 4 is 23.6 Å². The van der Waals surface area contributed by atoms with Crippen molar-refractivity contribution in [1.82, 2.24) is 20.4 Å². The van der Waals surface area contributed by atoms with E-state index in [4.69, 9.17) is 9.47 Å². The predicted octanol–water partition coefficient (Wildman–Crippen LogP) is 1.78. The Bertz CT molecular complexity index is 1200. The van der Waals surface area contributed by atoms with E-state index in [1.165, 1.54) is 0 Å². The summed E-state index contributed by atoms with van der Waals surface area (Å²) in [5.41, 5.74) is 1.14. The van der Waals surface area contributed by atoms with Crippen LogP contribution in [0.3, 0.4) is 0 Å². The molecule has 0 saturated carbocycles. The van der Waals surface area contributed by atoms with Crippen LogP contribution in [0.5, 0.6) is 5.75 Å². The van der Waals surface area contributed by atoms with E-state index in [1.807, 2.05) is 51.1 Å². The zero-order chi connectivity index (χ0) is 28.6. The summed E-state index contributed by atoms with van der Waals surface area (Å²) in [6, 6.07) is 14.2. The van der Waals surface area contributed by atoms with Crippen LogP contribution in [-0.2, 0) is 25.5 Å². The lowest BCUT2D eigenvalue weighted by Crippen LogP contribution is -2.57. The topological polar surface area (TPSA) is 117 Å². The van der Waals surface area contributed by atoms with E-state index < -0.39 is 23.9 Å². The van der Waals surface area contributed by atoms with Crippen molar-refractivity contribution in [3.05, 3.63) is 65.7 Å². The Labute approximate surface area is 235 Å². The molecular formula is C30H38N4O6. The lowest BCUT2D eigenvalue weighted by Gasteiger charge is -2.37. The summed E-state index contributed by atoms with van der Waals surface area (Å²) in [7, 11) is 0. The summed E-state index contributed by atoms with van der Waals surface area (Å²) >= 11 is 0. The van der Waals surface area contributed by atoms with Gasteiger partial charge in [-0.25, -0.2) is 0 Å². The van der Waals surface area contributed by atoms with Gasteiger partial charge >= 0.3 is 0 Å². The SMILES string of the molecule is CCN1CCOc2ccccc2C(=O)N[C@H](C(=O)N2CC(C)OC(C)C2)CC(=O)N[C@H](Cc2ccccc2)C1=O. The molecule has 2 aliphatic rings. The molecule has 2 unspecified atom stereocenters. The van der Waals surface area contributed by atoms with Crippen LogP contribution in [0.15, 0.2) is 54.6 Å². The number of hydrogen-bond donors (Lipinski definition) is 2. The predicted molar refractivity (Wildman–Crippen MR) is 149 cm³/mol. The molecule has 2 heterocycles. The molecule has 0 radical (unpaired) electrons. The number of carbonyl (C=O) groups excluding carboxylic acids is 4. The van der Waals surface area contributed by atoms with Crippen molar-refractivity contribution in [1.29, 1.82) is 0 Å². The number of hydrogen-bond acceptors (Lipinski definition) is 6. The first-order valence-corrected chi connectivity index (χ1v) is 13.8. The number of benzene rings is 2. The van der Waals surface area contributed by atoms with Gasteiger partial charge in [0.05, 0.1) is 30.7 Å². The fraction of sp³-hybridized carbons (Fsp3) is 0.467. The molecule has 2 aromatic rings. The van der Waals surface area contributed by atoms with Crippen molar-refractivity contribution in [2.45, 2.75) is 57.9 Å². The Morgan fingerprint density at radius 1 is 0.950 bits per heavy atom. The molecule has 0 bridgehead atoms. The van der Waals surface area contributed by atoms with Gasteiger partial charge in [0.25, 0.3) is 5.91 Å². The maximum atomic E-state index is 13.7. The lowest BCUT2D eigenvalue weighted by atomic mass is 10.0. The molecule has 2 N–H and O–H groups in total. The van der Waals surface area contributed by atoms with Gasteiger partial charge in [-0.05, 0) is 38.5 Å². The lowest BCUT2D eigenvalue weighted by molar-refractivity contribution is -0.146. The van der Waals surface area contributed by atoms with Gasteiger partial charge in [-0.2, -0.15) is 0 Å². The molecule has 2 aromatic carbocycles. The standard InChI is InChI=1S/C30H38N4O6/c1-4-33-14-15-39-26-13-9-8-12-23(26)28(36)32-25(30(38)34-18-20(2)40-21(3)19-34)17-27(35)31-24(29(33)37)16-22-10-6-5-7-11-22/h5-13,20-21,24-25H,4,14-19H2,1-3H3,(H,31,35)(H,32,36)/t20?,21?,24-,25+/m1/s1. The maximum absolute atomic E-state index is 13.7. The fourth-order valence-electron chi connectivity index (χ4n) is 5.19. The van der Waals surface area contributed by atoms with Crippen LogP contribution in [-0.4, -0.2) is 90.5 Å². The van der Waals surface area contributed by atoms with Crippen molar-refractivity contribution in [2.75, 3.05) is 32.8 Å². The molecule has 40 heavy (non-hydrogen) atoms. The summed E-state index contributed by atoms with van der Waals surface area (Å²) in [6.07, 6.45) is -0.399. The van der Waals surface area contributed by atoms with E-state index in [-0.39, 0.29) is 55.6 Å². The summed E-state index contributed by atoms with van der Waals surface area (Å²) in [6.45, 7) is 7.16. The highest BCUT2D eigenvalue weighted by molar-refractivity contribution is 6.01. The van der Waals surface area contributed by atoms with Crippen LogP contribution in [0.4, 0.5) is 0 Å². The van der Waals surface area contributed by atoms with Crippen molar-refractivity contribution in [3.63, 3.8) is 0 Å². The second kappa shape index (κ2) is 13.4. The monoisotopic (exact) mass is 550 g/mol. The first kappa shape index (κ1) is 29.1. The van der Waals surface area contributed by atoms with Gasteiger partial charge < -0.3 is 29.9 Å². The minimum Gasteiger partial charge on any atom is -0.491 e. The number of ether oxygens (including phenoxy) is 2. The summed E-state index contributed by atoms with van der Waals surface area (Å²) in [4.78, 5) is 57.4. The van der Waals surface area contributed by atoms with Crippen LogP contribution in [0.1, 0.15) is 43.1 Å². The number of amides is 4. The van der Waals surface area contributed by atoms with E-state index in [9.17, 15) is 19.2 Å². The number of likely N-dealkylation sites (N-methyl/N-ethyl adjacent to an activating group) is 1. The highest BCUT2D eigenvalue weighted by Gasteiger charge is 2.35. The normalized spacial score (nSPS) is 24.7. The molecule has 1 saturated heterocycles. The van der Waals surface area contributed by atoms with Gasteiger partial charge in [0, 0.05) is 26.1 Å². The number of para-hydroxylation sites is 1. The van der Waals surface area contributed by atoms with Gasteiger partial charge in [0.2, 0.25) is 17.7 Å². The Morgan fingerprint density at radius 2 is 1.62 bits per heavy atom. The van der Waals surface area contributed by atoms with Crippen LogP contribution < -0.4 is 15.4 Å². The van der Waals surface area contributed by atoms with Crippen molar-refractivity contribution in [2.24, 2.45) is 0 Å². The molecular weight excluding hydrogens is 512 g/mol.